The van der Waals surface area contributed by atoms with Crippen LogP contribution in [0.3, 0.4) is 0 Å². The van der Waals surface area contributed by atoms with Gasteiger partial charge in [0.2, 0.25) is 5.89 Å². The molecular weight excluding hydrogens is 540 g/mol. The Morgan fingerprint density at radius 3 is 2.69 bits per heavy atom. The van der Waals surface area contributed by atoms with Gasteiger partial charge in [-0.1, -0.05) is 0 Å². The van der Waals surface area contributed by atoms with Crippen LogP contribution >= 0.6 is 11.3 Å². The smallest absolute Gasteiger partial charge is 0.433 e. The number of aliphatic hydroxyl groups excluding tert-OH is 1. The van der Waals surface area contributed by atoms with Crippen LogP contribution < -0.4 is 15.8 Å². The van der Waals surface area contributed by atoms with Gasteiger partial charge in [-0.3, -0.25) is 4.79 Å². The van der Waals surface area contributed by atoms with E-state index in [1.165, 1.54) is 48.8 Å². The number of nitrogens with two attached hydrogens (primary N) is 1. The summed E-state index contributed by atoms with van der Waals surface area (Å²) in [5.74, 6) is -1.22. The Labute approximate surface area is 222 Å². The first-order valence-electron chi connectivity index (χ1n) is 11.5. The summed E-state index contributed by atoms with van der Waals surface area (Å²) in [5.41, 5.74) is 5.49. The summed E-state index contributed by atoms with van der Waals surface area (Å²) in [4.78, 5) is 21.2. The Hall–Kier alpha value is -4.07. The number of oxazole rings is 1. The number of carbonyl (C=O) groups excluding carboxylic acids is 1. The van der Waals surface area contributed by atoms with E-state index in [1.54, 1.807) is 11.4 Å². The molecule has 8 nitrogen and oxygen atoms in total. The number of benzene rings is 2. The third-order valence-electron chi connectivity index (χ3n) is 6.02. The van der Waals surface area contributed by atoms with Crippen molar-refractivity contribution < 1.29 is 36.6 Å². The van der Waals surface area contributed by atoms with E-state index in [0.717, 1.165) is 10.8 Å². The zero-order valence-corrected chi connectivity index (χ0v) is 21.0. The first-order valence-corrected chi connectivity index (χ1v) is 12.3. The van der Waals surface area contributed by atoms with Crippen LogP contribution in [-0.4, -0.2) is 34.7 Å². The number of hydrogen-bond acceptors (Lipinski definition) is 8. The average Bonchev–Trinajstić information content (AvgIpc) is 3.54. The van der Waals surface area contributed by atoms with E-state index < -0.39 is 36.2 Å². The van der Waals surface area contributed by atoms with Crippen molar-refractivity contribution in [3.8, 4) is 17.2 Å². The van der Waals surface area contributed by atoms with Crippen LogP contribution in [-0.2, 0) is 12.7 Å². The first-order chi connectivity index (χ1) is 18.6. The standard InChI is InChI=1S/C26H20F4N4O4S/c1-37-18-5-3-15(14-4-7-20(26(28,29)30)33-21(14)18)25-34-22(23(38-25)17(31)10-35)24(36)32-9-12-11-39-19-6-2-13(27)8-16(12)19/h2-8,11,17,35H,9-10,31H2,1H3,(H,32,36)/t17-/m0/s1. The normalized spacial score (nSPS) is 12.7. The molecule has 3 aromatic heterocycles. The summed E-state index contributed by atoms with van der Waals surface area (Å²) < 4.78 is 65.4. The van der Waals surface area contributed by atoms with Gasteiger partial charge in [-0.05, 0) is 53.4 Å². The lowest BCUT2D eigenvalue weighted by molar-refractivity contribution is -0.140. The summed E-state index contributed by atoms with van der Waals surface area (Å²) in [6.45, 7) is -0.517. The molecule has 0 saturated heterocycles. The fraction of sp³-hybridized carbons (Fsp3) is 0.192. The maximum atomic E-state index is 13.7. The largest absolute Gasteiger partial charge is 0.494 e. The molecule has 1 atom stereocenters. The number of thiophene rings is 1. The van der Waals surface area contributed by atoms with Gasteiger partial charge in [0, 0.05) is 27.6 Å². The maximum absolute atomic E-state index is 13.7. The molecule has 5 rings (SSSR count). The SMILES string of the molecule is COc1ccc(-c2nc(C(=O)NCc3csc4ccc(F)cc34)c([C@@H](N)CO)o2)c2ccc(C(F)(F)F)nc12. The van der Waals surface area contributed by atoms with Crippen LogP contribution in [0.2, 0.25) is 0 Å². The van der Waals surface area contributed by atoms with Crippen molar-refractivity contribution in [2.24, 2.45) is 5.73 Å². The van der Waals surface area contributed by atoms with E-state index in [0.29, 0.717) is 10.9 Å². The van der Waals surface area contributed by atoms with Crippen molar-refractivity contribution in [2.75, 3.05) is 13.7 Å². The molecule has 0 aliphatic rings. The van der Waals surface area contributed by atoms with E-state index >= 15 is 0 Å². The van der Waals surface area contributed by atoms with Crippen molar-refractivity contribution in [1.29, 1.82) is 0 Å². The molecule has 0 saturated carbocycles. The minimum absolute atomic E-state index is 0.0495. The van der Waals surface area contributed by atoms with E-state index in [-0.39, 0.29) is 46.1 Å². The highest BCUT2D eigenvalue weighted by molar-refractivity contribution is 7.17. The van der Waals surface area contributed by atoms with E-state index in [9.17, 15) is 27.5 Å². The third-order valence-corrected chi connectivity index (χ3v) is 7.03. The number of amides is 1. The topological polar surface area (TPSA) is 124 Å². The lowest BCUT2D eigenvalue weighted by Crippen LogP contribution is -2.26. The van der Waals surface area contributed by atoms with E-state index in [2.05, 4.69) is 15.3 Å². The number of nitrogens with one attached hydrogen (secondary N) is 1. The molecule has 0 fully saturated rings. The number of nitrogens with zero attached hydrogens (tertiary/aromatic N) is 2. The van der Waals surface area contributed by atoms with Crippen LogP contribution in [0.5, 0.6) is 5.75 Å². The Morgan fingerprint density at radius 2 is 1.97 bits per heavy atom. The molecule has 0 aliphatic carbocycles. The maximum Gasteiger partial charge on any atom is 0.433 e. The number of fused-ring (bicyclic) bond motifs is 2. The van der Waals surface area contributed by atoms with Gasteiger partial charge in [-0.15, -0.1) is 11.3 Å². The van der Waals surface area contributed by atoms with Crippen molar-refractivity contribution in [1.82, 2.24) is 15.3 Å². The Bertz CT molecular complexity index is 1700. The van der Waals surface area contributed by atoms with Gasteiger partial charge in [0.05, 0.1) is 19.8 Å². The molecule has 202 valence electrons. The number of halogens is 4. The zero-order chi connectivity index (χ0) is 27.9. The van der Waals surface area contributed by atoms with Gasteiger partial charge in [0.1, 0.15) is 22.8 Å². The number of rotatable bonds is 7. The molecule has 3 heterocycles. The highest BCUT2D eigenvalue weighted by Gasteiger charge is 2.33. The van der Waals surface area contributed by atoms with E-state index in [4.69, 9.17) is 14.9 Å². The summed E-state index contributed by atoms with van der Waals surface area (Å²) >= 11 is 1.40. The first kappa shape index (κ1) is 26.5. The fourth-order valence-electron chi connectivity index (χ4n) is 4.10. The number of aliphatic hydroxyl groups is 1. The summed E-state index contributed by atoms with van der Waals surface area (Å²) in [6, 6.07) is 8.20. The number of aromatic nitrogens is 2. The summed E-state index contributed by atoms with van der Waals surface area (Å²) in [5, 5.41) is 15.0. The minimum Gasteiger partial charge on any atom is -0.494 e. The van der Waals surface area contributed by atoms with Crippen LogP contribution in [0.25, 0.3) is 32.4 Å². The number of ether oxygens (including phenoxy) is 1. The van der Waals surface area contributed by atoms with Gasteiger partial charge < -0.3 is 25.3 Å². The number of hydrogen-bond donors (Lipinski definition) is 3. The molecule has 0 spiro atoms. The number of methoxy groups -OCH3 is 1. The second-order valence-electron chi connectivity index (χ2n) is 8.51. The molecule has 13 heteroatoms. The second-order valence-corrected chi connectivity index (χ2v) is 9.42. The lowest BCUT2D eigenvalue weighted by atomic mass is 10.1. The lowest BCUT2D eigenvalue weighted by Gasteiger charge is -2.11. The van der Waals surface area contributed by atoms with Gasteiger partial charge in [0.25, 0.3) is 5.91 Å². The Morgan fingerprint density at radius 1 is 1.18 bits per heavy atom. The average molecular weight is 561 g/mol. The third kappa shape index (κ3) is 5.03. The number of pyridine rings is 1. The number of alkyl halides is 3. The number of carbonyl (C=O) groups is 1. The minimum atomic E-state index is -4.68. The fourth-order valence-corrected chi connectivity index (χ4v) is 5.04. The zero-order valence-electron chi connectivity index (χ0n) is 20.2. The van der Waals surface area contributed by atoms with Gasteiger partial charge in [0.15, 0.2) is 11.5 Å². The van der Waals surface area contributed by atoms with E-state index in [1.807, 2.05) is 0 Å². The molecule has 0 radical (unpaired) electrons. The molecule has 39 heavy (non-hydrogen) atoms. The molecule has 5 aromatic rings. The summed E-state index contributed by atoms with van der Waals surface area (Å²) in [7, 11) is 1.30. The van der Waals surface area contributed by atoms with Gasteiger partial charge in [-0.25, -0.2) is 14.4 Å². The van der Waals surface area contributed by atoms with Gasteiger partial charge >= 0.3 is 6.18 Å². The van der Waals surface area contributed by atoms with Crippen LogP contribution in [0.4, 0.5) is 17.6 Å². The monoisotopic (exact) mass is 560 g/mol. The Kier molecular flexibility index (Phi) is 6.97. The second kappa shape index (κ2) is 10.2. The van der Waals surface area contributed by atoms with Crippen molar-refractivity contribution in [3.05, 3.63) is 76.4 Å². The molecule has 2 aromatic carbocycles. The predicted octanol–water partition coefficient (Wildman–Crippen LogP) is 5.19. The van der Waals surface area contributed by atoms with Crippen molar-refractivity contribution in [3.63, 3.8) is 0 Å². The summed E-state index contributed by atoms with van der Waals surface area (Å²) in [6.07, 6.45) is -4.68. The van der Waals surface area contributed by atoms with Crippen molar-refractivity contribution in [2.45, 2.75) is 18.8 Å². The predicted molar refractivity (Wildman–Crippen MR) is 136 cm³/mol. The van der Waals surface area contributed by atoms with Crippen LogP contribution in [0, 0.1) is 5.82 Å². The van der Waals surface area contributed by atoms with Gasteiger partial charge in [-0.2, -0.15) is 13.2 Å². The van der Waals surface area contributed by atoms with Crippen molar-refractivity contribution >= 4 is 38.2 Å². The quantitative estimate of drug-likeness (QED) is 0.234. The molecule has 0 aliphatic heterocycles. The molecule has 0 unspecified atom stereocenters. The molecule has 1 amide bonds. The van der Waals surface area contributed by atoms with Crippen LogP contribution in [0.1, 0.15) is 33.5 Å². The highest BCUT2D eigenvalue weighted by atomic mass is 32.1. The Balaban J connectivity index is 1.53. The molecule has 0 bridgehead atoms. The molecule has 4 N–H and O–H groups in total. The van der Waals surface area contributed by atoms with Crippen LogP contribution in [0.15, 0.2) is 52.3 Å². The molecular formula is C26H20F4N4O4S. The highest BCUT2D eigenvalue weighted by Crippen LogP contribution is 2.37.